The summed E-state index contributed by atoms with van der Waals surface area (Å²) in [6.07, 6.45) is -2.30. The Labute approximate surface area is 117 Å². The van der Waals surface area contributed by atoms with E-state index < -0.39 is 28.8 Å². The molecule has 19 heavy (non-hydrogen) atoms. The van der Waals surface area contributed by atoms with Gasteiger partial charge in [0.1, 0.15) is 0 Å². The van der Waals surface area contributed by atoms with Gasteiger partial charge < -0.3 is 14.9 Å². The molecule has 0 radical (unpaired) electrons. The van der Waals surface area contributed by atoms with Gasteiger partial charge in [0.25, 0.3) is 0 Å². The molecule has 2 unspecified atom stereocenters. The molecule has 0 amide bonds. The number of aliphatic hydroxyl groups is 1. The van der Waals surface area contributed by atoms with Crippen molar-refractivity contribution in [2.75, 3.05) is 0 Å². The Morgan fingerprint density at radius 3 is 2.47 bits per heavy atom. The maximum atomic E-state index is 11.0. The second kappa shape index (κ2) is 5.98. The van der Waals surface area contributed by atoms with E-state index >= 15 is 0 Å². The van der Waals surface area contributed by atoms with Crippen molar-refractivity contribution in [2.24, 2.45) is 0 Å². The summed E-state index contributed by atoms with van der Waals surface area (Å²) in [5.74, 6) is -1.49. The number of carboxylic acids is 1. The van der Waals surface area contributed by atoms with Crippen molar-refractivity contribution in [2.45, 2.75) is 26.1 Å². The summed E-state index contributed by atoms with van der Waals surface area (Å²) in [5.41, 5.74) is -0.257. The molecule has 0 aliphatic heterocycles. The van der Waals surface area contributed by atoms with Gasteiger partial charge in [-0.15, -0.1) is 0 Å². The van der Waals surface area contributed by atoms with Crippen molar-refractivity contribution in [1.29, 1.82) is 0 Å². The third-order valence-corrected chi connectivity index (χ3v) is 2.81. The number of carbonyl (C=O) groups is 1. The normalized spacial score (nSPS) is 13.7. The summed E-state index contributed by atoms with van der Waals surface area (Å²) < 4.78 is 5.49. The predicted molar refractivity (Wildman–Crippen MR) is 69.2 cm³/mol. The summed E-state index contributed by atoms with van der Waals surface area (Å²) >= 11 is 3.09. The number of hydrogen-bond acceptors (Lipinski definition) is 5. The maximum Gasteiger partial charge on any atom is 0.344 e. The van der Waals surface area contributed by atoms with Crippen molar-refractivity contribution in [1.82, 2.24) is 0 Å². The lowest BCUT2D eigenvalue weighted by Gasteiger charge is -2.16. The molecule has 0 aliphatic carbocycles. The molecule has 0 heterocycles. The lowest BCUT2D eigenvalue weighted by molar-refractivity contribution is -0.386. The van der Waals surface area contributed by atoms with Crippen LogP contribution in [0.2, 0.25) is 0 Å². The fourth-order valence-electron chi connectivity index (χ4n) is 1.40. The Morgan fingerprint density at radius 2 is 2.05 bits per heavy atom. The molecule has 1 aromatic carbocycles. The molecule has 0 saturated heterocycles. The molecule has 0 bridgehead atoms. The van der Waals surface area contributed by atoms with Gasteiger partial charge in [0.15, 0.2) is 6.10 Å². The number of nitro benzene ring substituents is 1. The average molecular weight is 334 g/mol. The van der Waals surface area contributed by atoms with E-state index in [2.05, 4.69) is 15.9 Å². The highest BCUT2D eigenvalue weighted by molar-refractivity contribution is 9.10. The number of benzene rings is 1. The zero-order valence-corrected chi connectivity index (χ0v) is 11.7. The zero-order valence-electron chi connectivity index (χ0n) is 10.2. The minimum Gasteiger partial charge on any atom is -0.479 e. The quantitative estimate of drug-likeness (QED) is 0.631. The van der Waals surface area contributed by atoms with Crippen LogP contribution in [0.4, 0.5) is 5.69 Å². The Morgan fingerprint density at radius 1 is 1.47 bits per heavy atom. The van der Waals surface area contributed by atoms with Gasteiger partial charge >= 0.3 is 11.7 Å². The van der Waals surface area contributed by atoms with E-state index in [4.69, 9.17) is 9.84 Å². The van der Waals surface area contributed by atoms with Gasteiger partial charge in [0.05, 0.1) is 11.0 Å². The fourth-order valence-corrected chi connectivity index (χ4v) is 1.86. The van der Waals surface area contributed by atoms with Crippen molar-refractivity contribution in [3.8, 4) is 5.75 Å². The lowest BCUT2D eigenvalue weighted by atomic mass is 10.1. The standard InChI is InChI=1S/C11H12BrNO6/c1-5(14)8-3-7(12)4-9(13(17)18)10(8)19-6(2)11(15)16/h3-6,14H,1-2H3,(H,15,16). The largest absolute Gasteiger partial charge is 0.479 e. The van der Waals surface area contributed by atoms with Crippen molar-refractivity contribution in [3.05, 3.63) is 32.3 Å². The van der Waals surface area contributed by atoms with E-state index in [0.717, 1.165) is 0 Å². The average Bonchev–Trinajstić information content (AvgIpc) is 2.29. The van der Waals surface area contributed by atoms with Crippen LogP contribution >= 0.6 is 15.9 Å². The zero-order chi connectivity index (χ0) is 14.7. The van der Waals surface area contributed by atoms with Crippen molar-refractivity contribution >= 4 is 27.6 Å². The fraction of sp³-hybridized carbons (Fsp3) is 0.364. The highest BCUT2D eigenvalue weighted by Gasteiger charge is 2.26. The molecule has 2 N–H and O–H groups in total. The van der Waals surface area contributed by atoms with Gasteiger partial charge in [-0.25, -0.2) is 4.79 Å². The molecular formula is C11H12BrNO6. The first kappa shape index (κ1) is 15.4. The van der Waals surface area contributed by atoms with Crippen LogP contribution in [0.1, 0.15) is 25.5 Å². The van der Waals surface area contributed by atoms with Crippen LogP contribution in [0.25, 0.3) is 0 Å². The van der Waals surface area contributed by atoms with E-state index in [1.54, 1.807) is 0 Å². The molecule has 0 aromatic heterocycles. The first-order valence-electron chi connectivity index (χ1n) is 5.29. The number of carboxylic acid groups (broad SMARTS) is 1. The SMILES string of the molecule is CC(Oc1c(C(C)O)cc(Br)cc1[N+](=O)[O-])C(=O)O. The highest BCUT2D eigenvalue weighted by atomic mass is 79.9. The number of aliphatic hydroxyl groups excluding tert-OH is 1. The molecule has 0 saturated carbocycles. The smallest absolute Gasteiger partial charge is 0.344 e. The summed E-state index contributed by atoms with van der Waals surface area (Å²) in [4.78, 5) is 21.0. The summed E-state index contributed by atoms with van der Waals surface area (Å²) in [5, 5.41) is 29.4. The topological polar surface area (TPSA) is 110 Å². The van der Waals surface area contributed by atoms with Gasteiger partial charge in [0.2, 0.25) is 5.75 Å². The van der Waals surface area contributed by atoms with Gasteiger partial charge in [-0.1, -0.05) is 15.9 Å². The molecule has 7 nitrogen and oxygen atoms in total. The Kier molecular flexibility index (Phi) is 4.84. The second-order valence-corrected chi connectivity index (χ2v) is 4.79. The number of hydrogen-bond donors (Lipinski definition) is 2. The van der Waals surface area contributed by atoms with Crippen molar-refractivity contribution < 1.29 is 24.7 Å². The van der Waals surface area contributed by atoms with Crippen LogP contribution < -0.4 is 4.74 Å². The Balaban J connectivity index is 3.39. The maximum absolute atomic E-state index is 11.0. The molecule has 0 fully saturated rings. The lowest BCUT2D eigenvalue weighted by Crippen LogP contribution is -2.24. The van der Waals surface area contributed by atoms with Crippen LogP contribution in [-0.2, 0) is 4.79 Å². The minimum absolute atomic E-state index is 0.147. The van der Waals surface area contributed by atoms with Gasteiger partial charge in [-0.2, -0.15) is 0 Å². The third-order valence-electron chi connectivity index (χ3n) is 2.35. The third kappa shape index (κ3) is 3.65. The Bertz CT molecular complexity index is 516. The minimum atomic E-state index is -1.27. The molecule has 8 heteroatoms. The van der Waals surface area contributed by atoms with Crippen LogP contribution in [0, 0.1) is 10.1 Å². The van der Waals surface area contributed by atoms with E-state index in [9.17, 15) is 20.0 Å². The molecule has 0 aliphatic rings. The highest BCUT2D eigenvalue weighted by Crippen LogP contribution is 2.38. The number of rotatable bonds is 5. The molecule has 2 atom stereocenters. The number of halogens is 1. The van der Waals surface area contributed by atoms with Crippen LogP contribution in [0.3, 0.4) is 0 Å². The number of aliphatic carboxylic acids is 1. The van der Waals surface area contributed by atoms with Gasteiger partial charge in [-0.05, 0) is 19.9 Å². The Hall–Kier alpha value is -1.67. The van der Waals surface area contributed by atoms with Gasteiger partial charge in [0, 0.05) is 16.1 Å². The molecule has 1 rings (SSSR count). The second-order valence-electron chi connectivity index (χ2n) is 3.87. The van der Waals surface area contributed by atoms with Crippen LogP contribution in [-0.4, -0.2) is 27.2 Å². The molecular weight excluding hydrogens is 322 g/mol. The number of ether oxygens (including phenoxy) is 1. The molecule has 0 spiro atoms. The van der Waals surface area contributed by atoms with Crippen LogP contribution in [0.15, 0.2) is 16.6 Å². The number of nitrogens with zero attached hydrogens (tertiary/aromatic N) is 1. The summed E-state index contributed by atoms with van der Waals surface area (Å²) in [7, 11) is 0. The van der Waals surface area contributed by atoms with E-state index in [0.29, 0.717) is 4.47 Å². The first-order valence-corrected chi connectivity index (χ1v) is 6.08. The monoisotopic (exact) mass is 333 g/mol. The molecule has 104 valence electrons. The first-order chi connectivity index (χ1) is 8.73. The van der Waals surface area contributed by atoms with E-state index in [1.807, 2.05) is 0 Å². The van der Waals surface area contributed by atoms with E-state index in [-0.39, 0.29) is 11.3 Å². The van der Waals surface area contributed by atoms with Gasteiger partial charge in [-0.3, -0.25) is 10.1 Å². The molecule has 1 aromatic rings. The van der Waals surface area contributed by atoms with E-state index in [1.165, 1.54) is 26.0 Å². The van der Waals surface area contributed by atoms with Crippen LogP contribution in [0.5, 0.6) is 5.75 Å². The number of nitro groups is 1. The summed E-state index contributed by atoms with van der Waals surface area (Å²) in [6.45, 7) is 2.66. The predicted octanol–water partition coefficient (Wildman–Crippen LogP) is 2.26. The van der Waals surface area contributed by atoms with Crippen molar-refractivity contribution in [3.63, 3.8) is 0 Å². The summed E-state index contributed by atoms with van der Waals surface area (Å²) in [6, 6.07) is 2.64.